The number of hydrogen-bond donors (Lipinski definition) is 2. The van der Waals surface area contributed by atoms with Crippen molar-refractivity contribution in [3.63, 3.8) is 0 Å². The lowest BCUT2D eigenvalue weighted by atomic mass is 10.1. The lowest BCUT2D eigenvalue weighted by Gasteiger charge is -2.15. The Labute approximate surface area is 170 Å². The predicted octanol–water partition coefficient (Wildman–Crippen LogP) is 2.50. The first-order valence-corrected chi connectivity index (χ1v) is 11.3. The van der Waals surface area contributed by atoms with Crippen molar-refractivity contribution in [1.82, 2.24) is 5.32 Å². The smallest absolute Gasteiger partial charge is 0.258 e. The molecular formula is C21H27N2O2S2+. The van der Waals surface area contributed by atoms with Gasteiger partial charge in [0.1, 0.15) is 12.3 Å². The van der Waals surface area contributed by atoms with Crippen molar-refractivity contribution in [2.24, 2.45) is 0 Å². The van der Waals surface area contributed by atoms with Crippen molar-refractivity contribution in [3.05, 3.63) is 65.2 Å². The molecule has 27 heavy (non-hydrogen) atoms. The van der Waals surface area contributed by atoms with Crippen LogP contribution in [0.2, 0.25) is 0 Å². The van der Waals surface area contributed by atoms with Crippen LogP contribution >= 0.6 is 23.5 Å². The van der Waals surface area contributed by atoms with Gasteiger partial charge in [-0.05, 0) is 11.6 Å². The fourth-order valence-electron chi connectivity index (χ4n) is 3.02. The topological polar surface area (TPSA) is 42.8 Å². The summed E-state index contributed by atoms with van der Waals surface area (Å²) in [7, 11) is 4.25. The van der Waals surface area contributed by atoms with Crippen LogP contribution in [0.5, 0.6) is 5.75 Å². The monoisotopic (exact) mass is 403 g/mol. The van der Waals surface area contributed by atoms with Crippen LogP contribution in [0.4, 0.5) is 0 Å². The minimum atomic E-state index is -0.0939. The van der Waals surface area contributed by atoms with E-state index in [0.717, 1.165) is 29.4 Å². The van der Waals surface area contributed by atoms with Crippen molar-refractivity contribution in [2.75, 3.05) is 32.2 Å². The van der Waals surface area contributed by atoms with Crippen LogP contribution in [0.15, 0.2) is 48.5 Å². The van der Waals surface area contributed by atoms with E-state index in [4.69, 9.17) is 4.74 Å². The highest BCUT2D eigenvalue weighted by Crippen LogP contribution is 2.48. The first-order chi connectivity index (χ1) is 13.1. The van der Waals surface area contributed by atoms with Crippen LogP contribution in [0.3, 0.4) is 0 Å². The summed E-state index contributed by atoms with van der Waals surface area (Å²) in [6.07, 6.45) is 0. The van der Waals surface area contributed by atoms with Crippen molar-refractivity contribution in [2.45, 2.75) is 17.7 Å². The Morgan fingerprint density at radius 3 is 2.48 bits per heavy atom. The van der Waals surface area contributed by atoms with E-state index >= 15 is 0 Å². The number of benzene rings is 2. The molecule has 0 bridgehead atoms. The van der Waals surface area contributed by atoms with E-state index in [0.29, 0.717) is 11.1 Å². The molecule has 0 atom stereocenters. The number of carbonyl (C=O) groups excluding carboxylic acids is 1. The molecule has 1 aliphatic heterocycles. The van der Waals surface area contributed by atoms with Crippen LogP contribution in [0.25, 0.3) is 0 Å². The molecule has 1 heterocycles. The molecule has 2 aromatic carbocycles. The third kappa shape index (κ3) is 5.92. The molecule has 0 saturated carbocycles. The van der Waals surface area contributed by atoms with Gasteiger partial charge in [-0.3, -0.25) is 4.79 Å². The molecular weight excluding hydrogens is 376 g/mol. The third-order valence-electron chi connectivity index (χ3n) is 4.29. The lowest BCUT2D eigenvalue weighted by Crippen LogP contribution is -3.04. The summed E-state index contributed by atoms with van der Waals surface area (Å²) in [4.78, 5) is 13.7. The number of ether oxygens (including phenoxy) is 1. The molecule has 2 N–H and O–H groups in total. The van der Waals surface area contributed by atoms with Gasteiger partial charge in [0.05, 0.1) is 18.7 Å². The lowest BCUT2D eigenvalue weighted by molar-refractivity contribution is -0.872. The summed E-state index contributed by atoms with van der Waals surface area (Å²) in [5, 5.41) is 2.99. The SMILES string of the molecule is C[NH+](C)Cc1ccccc1CNC(=O)COc1ccccc1C1SCCS1. The van der Waals surface area contributed by atoms with E-state index in [1.807, 2.05) is 53.9 Å². The standard InChI is InChI=1S/C21H26N2O2S2/c1-23(2)14-17-8-4-3-7-16(17)13-22-20(24)15-25-19-10-6-5-9-18(19)21-26-11-12-27-21/h3-10,21H,11-15H2,1-2H3,(H,22,24)/p+1. The number of hydrogen-bond acceptors (Lipinski definition) is 4. The highest BCUT2D eigenvalue weighted by atomic mass is 32.2. The Bertz CT molecular complexity index is 761. The van der Waals surface area contributed by atoms with Gasteiger partial charge >= 0.3 is 0 Å². The van der Waals surface area contributed by atoms with Crippen molar-refractivity contribution in [1.29, 1.82) is 0 Å². The molecule has 0 spiro atoms. The van der Waals surface area contributed by atoms with Crippen LogP contribution in [0, 0.1) is 0 Å². The second-order valence-corrected chi connectivity index (χ2v) is 9.55. The Morgan fingerprint density at radius 1 is 1.07 bits per heavy atom. The number of thioether (sulfide) groups is 2. The van der Waals surface area contributed by atoms with E-state index in [-0.39, 0.29) is 12.5 Å². The average molecular weight is 404 g/mol. The molecule has 144 valence electrons. The van der Waals surface area contributed by atoms with Gasteiger partial charge in [0, 0.05) is 29.2 Å². The van der Waals surface area contributed by atoms with E-state index in [1.165, 1.54) is 16.0 Å². The zero-order chi connectivity index (χ0) is 19.1. The fourth-order valence-corrected chi connectivity index (χ4v) is 5.92. The maximum absolute atomic E-state index is 12.3. The number of para-hydroxylation sites is 1. The van der Waals surface area contributed by atoms with E-state index in [2.05, 4.69) is 37.6 Å². The van der Waals surface area contributed by atoms with Gasteiger partial charge in [-0.25, -0.2) is 0 Å². The molecule has 0 aromatic heterocycles. The minimum Gasteiger partial charge on any atom is -0.483 e. The summed E-state index contributed by atoms with van der Waals surface area (Å²) in [5.41, 5.74) is 3.60. The van der Waals surface area contributed by atoms with Gasteiger partial charge in [-0.15, -0.1) is 23.5 Å². The molecule has 0 radical (unpaired) electrons. The van der Waals surface area contributed by atoms with Gasteiger partial charge in [0.25, 0.3) is 5.91 Å². The molecule has 1 aliphatic rings. The number of amides is 1. The van der Waals surface area contributed by atoms with Crippen LogP contribution in [-0.2, 0) is 17.9 Å². The molecule has 1 amide bonds. The van der Waals surface area contributed by atoms with Crippen molar-refractivity contribution >= 4 is 29.4 Å². The summed E-state index contributed by atoms with van der Waals surface area (Å²) < 4.78 is 6.26. The summed E-state index contributed by atoms with van der Waals surface area (Å²) in [6, 6.07) is 16.3. The summed E-state index contributed by atoms with van der Waals surface area (Å²) in [6.45, 7) is 1.51. The number of carbonyl (C=O) groups is 1. The first-order valence-electron chi connectivity index (χ1n) is 9.21. The molecule has 0 unspecified atom stereocenters. The van der Waals surface area contributed by atoms with E-state index in [1.54, 1.807) is 0 Å². The molecule has 1 fully saturated rings. The highest BCUT2D eigenvalue weighted by Gasteiger charge is 2.21. The van der Waals surface area contributed by atoms with Gasteiger partial charge in [-0.1, -0.05) is 42.5 Å². The molecule has 0 aliphatic carbocycles. The molecule has 4 nitrogen and oxygen atoms in total. The summed E-state index contributed by atoms with van der Waals surface area (Å²) >= 11 is 3.88. The van der Waals surface area contributed by atoms with Gasteiger partial charge in [0.2, 0.25) is 0 Å². The quantitative estimate of drug-likeness (QED) is 0.711. The normalized spacial score (nSPS) is 14.5. The number of nitrogens with one attached hydrogen (secondary N) is 2. The van der Waals surface area contributed by atoms with Crippen LogP contribution < -0.4 is 15.0 Å². The van der Waals surface area contributed by atoms with Crippen molar-refractivity contribution in [3.8, 4) is 5.75 Å². The van der Waals surface area contributed by atoms with Crippen LogP contribution in [0.1, 0.15) is 21.3 Å². The first kappa shape index (κ1) is 20.1. The van der Waals surface area contributed by atoms with E-state index < -0.39 is 0 Å². The third-order valence-corrected chi connectivity index (χ3v) is 7.36. The minimum absolute atomic E-state index is 0.0418. The predicted molar refractivity (Wildman–Crippen MR) is 114 cm³/mol. The Hall–Kier alpha value is -1.63. The maximum Gasteiger partial charge on any atom is 0.258 e. The highest BCUT2D eigenvalue weighted by molar-refractivity contribution is 8.19. The Morgan fingerprint density at radius 2 is 1.74 bits per heavy atom. The molecule has 6 heteroatoms. The second-order valence-electron chi connectivity index (χ2n) is 6.83. The summed E-state index contributed by atoms with van der Waals surface area (Å²) in [5.74, 6) is 3.05. The van der Waals surface area contributed by atoms with Gasteiger partial charge in [-0.2, -0.15) is 0 Å². The Kier molecular flexibility index (Phi) is 7.50. The van der Waals surface area contributed by atoms with Crippen LogP contribution in [-0.4, -0.2) is 38.1 Å². The van der Waals surface area contributed by atoms with Gasteiger partial charge in [0.15, 0.2) is 6.61 Å². The number of rotatable bonds is 8. The second kappa shape index (κ2) is 10.1. The Balaban J connectivity index is 1.54. The molecule has 3 rings (SSSR count). The molecule has 2 aromatic rings. The zero-order valence-electron chi connectivity index (χ0n) is 15.9. The van der Waals surface area contributed by atoms with E-state index in [9.17, 15) is 4.79 Å². The zero-order valence-corrected chi connectivity index (χ0v) is 17.5. The molecule has 1 saturated heterocycles. The average Bonchev–Trinajstić information content (AvgIpc) is 3.20. The number of quaternary nitrogens is 1. The van der Waals surface area contributed by atoms with Crippen molar-refractivity contribution < 1.29 is 14.4 Å². The van der Waals surface area contributed by atoms with Gasteiger partial charge < -0.3 is 15.0 Å². The largest absolute Gasteiger partial charge is 0.483 e. The fraction of sp³-hybridized carbons (Fsp3) is 0.381. The maximum atomic E-state index is 12.3.